The van der Waals surface area contributed by atoms with Crippen molar-refractivity contribution in [3.63, 3.8) is 0 Å². The van der Waals surface area contributed by atoms with Crippen LogP contribution in [0.15, 0.2) is 0 Å². The molecular weight excluding hydrogens is 140 g/mol. The Labute approximate surface area is 44.4 Å². The van der Waals surface area contributed by atoms with E-state index in [1.54, 1.807) is 0 Å². The third-order valence-corrected chi connectivity index (χ3v) is 0. The average molecular weight is 140 g/mol. The van der Waals surface area contributed by atoms with Gasteiger partial charge in [0.15, 0.2) is 0 Å². The molecule has 0 aliphatic rings. The average Bonchev–Trinajstić information content (AvgIpc) is 1.39. The van der Waals surface area contributed by atoms with Crippen molar-refractivity contribution in [2.45, 2.75) is 0 Å². The van der Waals surface area contributed by atoms with Crippen LogP contribution in [0.25, 0.3) is 0 Å². The zero-order valence-electron chi connectivity index (χ0n) is 2.63. The maximum atomic E-state index is 8.50. The Morgan fingerprint density at radius 3 is 1.17 bits per heavy atom. The van der Waals surface area contributed by atoms with Gasteiger partial charge in [-0.15, -0.1) is 0 Å². The molecule has 0 aromatic heterocycles. The van der Waals surface area contributed by atoms with Crippen molar-refractivity contribution in [1.82, 2.24) is 0 Å². The molecule has 0 saturated carbocycles. The molecule has 6 heavy (non-hydrogen) atoms. The zero-order chi connectivity index (χ0) is 5.41. The molecule has 0 aromatic carbocycles. The third kappa shape index (κ3) is 2350. The maximum absolute atomic E-state index is 8.50. The van der Waals surface area contributed by atoms with E-state index >= 15 is 0 Å². The summed E-state index contributed by atoms with van der Waals surface area (Å²) in [4.78, 5) is 0. The Bertz CT molecular complexity index is 61.5. The summed E-state index contributed by atoms with van der Waals surface area (Å²) < 4.78 is 33.8. The summed E-state index contributed by atoms with van der Waals surface area (Å²) in [6.45, 7) is 0. The monoisotopic (exact) mass is 140 g/mol. The van der Waals surface area contributed by atoms with Gasteiger partial charge in [0.2, 0.25) is 0 Å². The second-order valence-electron chi connectivity index (χ2n) is 0.167. The van der Waals surface area contributed by atoms with Crippen LogP contribution in [0.2, 0.25) is 0 Å². The summed E-state index contributed by atoms with van der Waals surface area (Å²) in [6, 6.07) is 0. The molecular formula is O4SiTi. The van der Waals surface area contributed by atoms with E-state index < -0.39 is 28.4 Å². The first kappa shape index (κ1) is 9.46. The molecule has 0 aromatic rings. The van der Waals surface area contributed by atoms with Gasteiger partial charge in [-0.2, -0.15) is 0 Å². The van der Waals surface area contributed by atoms with Crippen molar-refractivity contribution in [3.8, 4) is 0 Å². The Hall–Kier alpha value is 0.131. The van der Waals surface area contributed by atoms with Crippen LogP contribution in [0.3, 0.4) is 0 Å². The molecule has 4 nitrogen and oxygen atoms in total. The Morgan fingerprint density at radius 1 is 1.17 bits per heavy atom. The molecule has 0 N–H and O–H groups in total. The van der Waals surface area contributed by atoms with Crippen LogP contribution in [0.4, 0.5) is 0 Å². The Balaban J connectivity index is 0. The summed E-state index contributed by atoms with van der Waals surface area (Å²) in [5, 5.41) is 0. The zero-order valence-corrected chi connectivity index (χ0v) is 5.19. The topological polar surface area (TPSA) is 68.3 Å². The van der Waals surface area contributed by atoms with E-state index in [1.807, 2.05) is 0 Å². The predicted octanol–water partition coefficient (Wildman–Crippen LogP) is -0.859. The van der Waals surface area contributed by atoms with Crippen LogP contribution in [0, 0.1) is 0 Å². The quantitative estimate of drug-likeness (QED) is 0.410. The van der Waals surface area contributed by atoms with Gasteiger partial charge in [-0.3, -0.25) is 8.92 Å². The number of hydrogen-bond acceptors (Lipinski definition) is 4. The Morgan fingerprint density at radius 2 is 1.17 bits per heavy atom. The van der Waals surface area contributed by atoms with Crippen molar-refractivity contribution in [1.29, 1.82) is 0 Å². The molecule has 0 aliphatic carbocycles. The van der Waals surface area contributed by atoms with Crippen LogP contribution < -0.4 is 0 Å². The molecule has 0 rings (SSSR count). The molecule has 0 aliphatic heterocycles. The van der Waals surface area contributed by atoms with Gasteiger partial charge in [-0.25, -0.2) is 0 Å². The van der Waals surface area contributed by atoms with E-state index in [0.717, 1.165) is 0 Å². The van der Waals surface area contributed by atoms with Crippen molar-refractivity contribution >= 4 is 9.29 Å². The van der Waals surface area contributed by atoms with Gasteiger partial charge in [0, 0.05) is 0 Å². The van der Waals surface area contributed by atoms with Gasteiger partial charge in [-0.05, 0) is 0 Å². The summed E-state index contributed by atoms with van der Waals surface area (Å²) in [5.74, 6) is 0. The first-order valence-electron chi connectivity index (χ1n) is 0.816. The first-order valence-corrected chi connectivity index (χ1v) is 2.91. The van der Waals surface area contributed by atoms with Crippen LogP contribution in [0.1, 0.15) is 0 Å². The van der Waals surface area contributed by atoms with Crippen LogP contribution in [-0.2, 0) is 34.7 Å². The van der Waals surface area contributed by atoms with Crippen LogP contribution in [-0.4, -0.2) is 9.29 Å². The van der Waals surface area contributed by atoms with Gasteiger partial charge >= 0.3 is 35.0 Å². The van der Waals surface area contributed by atoms with E-state index in [0.29, 0.717) is 0 Å². The van der Waals surface area contributed by atoms with E-state index in [9.17, 15) is 0 Å². The second-order valence-corrected chi connectivity index (χ2v) is 0.594. The summed E-state index contributed by atoms with van der Waals surface area (Å²) >= 11 is -2.00. The molecule has 0 fully saturated rings. The van der Waals surface area contributed by atoms with Gasteiger partial charge in [0.25, 0.3) is 0 Å². The molecule has 0 unspecified atom stereocenters. The minimum absolute atomic E-state index is 1.42. The normalized spacial score (nSPS) is 2.67. The Kier molecular flexibility index (Phi) is 30.4. The van der Waals surface area contributed by atoms with Crippen LogP contribution >= 0.6 is 0 Å². The second kappa shape index (κ2) is 19.3. The summed E-state index contributed by atoms with van der Waals surface area (Å²) in [6.07, 6.45) is 0. The third-order valence-electron chi connectivity index (χ3n) is 0. The molecule has 32 valence electrons. The number of rotatable bonds is 0. The predicted molar refractivity (Wildman–Crippen MR) is 8.50 cm³/mol. The van der Waals surface area contributed by atoms with Crippen molar-refractivity contribution in [3.05, 3.63) is 0 Å². The fourth-order valence-electron chi connectivity index (χ4n) is 0. The molecule has 0 bridgehead atoms. The molecule has 0 saturated heterocycles. The fourth-order valence-corrected chi connectivity index (χ4v) is 0. The van der Waals surface area contributed by atoms with E-state index in [4.69, 9.17) is 15.6 Å². The van der Waals surface area contributed by atoms with Crippen molar-refractivity contribution in [2.75, 3.05) is 0 Å². The van der Waals surface area contributed by atoms with Crippen molar-refractivity contribution < 1.29 is 34.7 Å². The SMILES string of the molecule is O=[Si]=O.[O]=[Ti]=[O]. The molecule has 0 atom stereocenters. The van der Waals surface area contributed by atoms with E-state index in [-0.39, 0.29) is 0 Å². The van der Waals surface area contributed by atoms with Gasteiger partial charge in [0.1, 0.15) is 0 Å². The molecule has 0 heterocycles. The molecule has 0 amide bonds. The van der Waals surface area contributed by atoms with Crippen LogP contribution in [0.5, 0.6) is 0 Å². The van der Waals surface area contributed by atoms with E-state index in [2.05, 4.69) is 0 Å². The summed E-state index contributed by atoms with van der Waals surface area (Å²) in [5.41, 5.74) is 0. The standard InChI is InChI=1S/O2Si.2O.Ti/c1-3-2;;;. The van der Waals surface area contributed by atoms with Crippen molar-refractivity contribution in [2.24, 2.45) is 0 Å². The number of hydrogen-bond donors (Lipinski definition) is 0. The fraction of sp³-hybridized carbons (Fsp3) is 0. The first-order chi connectivity index (χ1) is 2.83. The van der Waals surface area contributed by atoms with E-state index in [1.165, 1.54) is 0 Å². The molecule has 0 radical (unpaired) electrons. The summed E-state index contributed by atoms with van der Waals surface area (Å²) in [7, 11) is -1.42. The van der Waals surface area contributed by atoms with Gasteiger partial charge in [-0.1, -0.05) is 0 Å². The molecule has 0 spiro atoms. The molecule has 6 heteroatoms. The van der Waals surface area contributed by atoms with Gasteiger partial charge < -0.3 is 0 Å². The minimum atomic E-state index is -2.00. The van der Waals surface area contributed by atoms with Gasteiger partial charge in [0.05, 0.1) is 0 Å².